The molecule has 13 aromatic carbocycles. The van der Waals surface area contributed by atoms with E-state index in [1.165, 1.54) is 166 Å². The number of rotatable bonds is 8. The third-order valence-electron chi connectivity index (χ3n) is 22.6. The lowest BCUT2D eigenvalue weighted by Crippen LogP contribution is -2.65. The predicted octanol–water partition coefficient (Wildman–Crippen LogP) is 18.0. The van der Waals surface area contributed by atoms with Gasteiger partial charge >= 0.3 is 0 Å². The molecule has 8 heteroatoms. The summed E-state index contributed by atoms with van der Waals surface area (Å²) in [6, 6.07) is 113. The normalized spacial score (nSPS) is 18.1. The molecule has 6 aliphatic heterocycles. The van der Waals surface area contributed by atoms with Gasteiger partial charge in [-0.2, -0.15) is 0 Å². The highest BCUT2D eigenvalue weighted by atomic mass is 15.2. The first-order valence-corrected chi connectivity index (χ1v) is 34.2. The van der Waals surface area contributed by atoms with Gasteiger partial charge < -0.3 is 29.5 Å². The van der Waals surface area contributed by atoms with Crippen molar-refractivity contribution in [1.29, 1.82) is 0 Å². The van der Waals surface area contributed by atoms with Gasteiger partial charge in [-0.05, 0) is 184 Å². The van der Waals surface area contributed by atoms with Crippen LogP contribution in [-0.2, 0) is 0 Å². The molecule has 22 rings (SSSR count). The van der Waals surface area contributed by atoms with E-state index in [1.54, 1.807) is 0 Å². The maximum atomic E-state index is 4.60. The molecule has 0 spiro atoms. The van der Waals surface area contributed by atoms with Crippen molar-refractivity contribution in [2.75, 3.05) is 24.9 Å². The predicted molar refractivity (Wildman–Crippen MR) is 400 cm³/mol. The first kappa shape index (κ1) is 53.3. The standard InChI is InChI=1S/C87H64B2N6/c1-6-25-57(26-7-1)65-37-24-38-66(58-27-8-2-9-28-58)83(65)84-79(91-62-46-55-45-56(48-62)49-63(91)47-55)54-82-86-87(84)90-73-53-78-72(52-71(73)88(86)69-39-18-22-43-76(69)93(82)60-31-12-4-13-32-60)89-70-40-19-23-44-77(70)92(59-29-10-3-11-30-59)80-50-64(51-81(85(80)89)94(78)61-33-14-5-15-34-61)95-74-41-20-16-35-67(74)68-36-17-21-42-75(68)95/h1-44,50-56,62-63,90H,45-49H2. The topological polar surface area (TPSA) is 29.9 Å². The van der Waals surface area contributed by atoms with Gasteiger partial charge in [0.05, 0.1) is 16.7 Å². The Morgan fingerprint density at radius 3 is 1.27 bits per heavy atom. The zero-order valence-electron chi connectivity index (χ0n) is 52.5. The summed E-state index contributed by atoms with van der Waals surface area (Å²) in [5.74, 6) is 1.56. The van der Waals surface area contributed by atoms with E-state index >= 15 is 0 Å². The monoisotopic (exact) mass is 1210 g/mol. The number of hydrogen-bond acceptors (Lipinski definition) is 5. The van der Waals surface area contributed by atoms with Crippen LogP contribution in [0.3, 0.4) is 0 Å². The fourth-order valence-corrected chi connectivity index (χ4v) is 19.1. The van der Waals surface area contributed by atoms with Crippen LogP contribution in [0.25, 0.3) is 60.9 Å². The summed E-state index contributed by atoms with van der Waals surface area (Å²) in [6.45, 7) is -0.274. The molecule has 4 fully saturated rings. The van der Waals surface area contributed by atoms with E-state index in [-0.39, 0.29) is 13.4 Å². The molecule has 95 heavy (non-hydrogen) atoms. The molecule has 1 N–H and O–H groups in total. The first-order valence-electron chi connectivity index (χ1n) is 34.2. The van der Waals surface area contributed by atoms with Crippen LogP contribution < -0.4 is 57.7 Å². The van der Waals surface area contributed by atoms with Gasteiger partial charge in [0.15, 0.2) is 0 Å². The van der Waals surface area contributed by atoms with Gasteiger partial charge in [-0.3, -0.25) is 0 Å². The quantitative estimate of drug-likeness (QED) is 0.153. The molecule has 2 saturated heterocycles. The number of benzene rings is 13. The van der Waals surface area contributed by atoms with E-state index in [9.17, 15) is 0 Å². The maximum absolute atomic E-state index is 4.60. The molecule has 2 saturated carbocycles. The fourth-order valence-electron chi connectivity index (χ4n) is 19.1. The molecule has 0 unspecified atom stereocenters. The Morgan fingerprint density at radius 2 is 0.747 bits per heavy atom. The van der Waals surface area contributed by atoms with Gasteiger partial charge in [0.1, 0.15) is 0 Å². The van der Waals surface area contributed by atoms with Crippen molar-refractivity contribution in [3.63, 3.8) is 0 Å². The van der Waals surface area contributed by atoms with Crippen molar-refractivity contribution in [2.24, 2.45) is 11.8 Å². The van der Waals surface area contributed by atoms with Gasteiger partial charge in [0.2, 0.25) is 0 Å². The largest absolute Gasteiger partial charge is 0.365 e. The molecular formula is C87H64B2N6. The summed E-state index contributed by atoms with van der Waals surface area (Å²) in [4.78, 5) is 10.8. The Bertz CT molecular complexity index is 5320. The van der Waals surface area contributed by atoms with E-state index in [1.807, 2.05) is 0 Å². The molecule has 7 heterocycles. The van der Waals surface area contributed by atoms with Crippen LogP contribution in [0, 0.1) is 11.8 Å². The van der Waals surface area contributed by atoms with E-state index < -0.39 is 0 Å². The van der Waals surface area contributed by atoms with E-state index in [4.69, 9.17) is 0 Å². The van der Waals surface area contributed by atoms with Crippen LogP contribution >= 0.6 is 0 Å². The zero-order valence-corrected chi connectivity index (χ0v) is 52.5. The van der Waals surface area contributed by atoms with Crippen LogP contribution in [0.1, 0.15) is 32.1 Å². The summed E-state index contributed by atoms with van der Waals surface area (Å²) >= 11 is 0. The molecule has 14 aromatic rings. The Labute approximate surface area is 554 Å². The molecule has 448 valence electrons. The molecule has 2 aliphatic carbocycles. The number of fused-ring (bicyclic) bond motifs is 11. The SMILES string of the molecule is c1ccc(-c2cccc(-c3ccccc3)c2-c2c(N3C4CC5CC(C4)CC3C5)cc3c4c2Nc2cc5c(cc2B4c2ccccc2N3c2ccccc2)B2c3ccccc3N(c3ccccc3)c3cc(-n4c6ccccc6c6ccccc64)cc(c32)N5c2ccccc2)cc1. The van der Waals surface area contributed by atoms with Crippen LogP contribution in [0.15, 0.2) is 297 Å². The van der Waals surface area contributed by atoms with Crippen molar-refractivity contribution in [2.45, 2.75) is 44.2 Å². The summed E-state index contributed by atoms with van der Waals surface area (Å²) in [7, 11) is 0. The van der Waals surface area contributed by atoms with Crippen LogP contribution in [-0.4, -0.2) is 30.1 Å². The molecule has 8 aliphatic rings. The van der Waals surface area contributed by atoms with Crippen molar-refractivity contribution >= 4 is 136 Å². The van der Waals surface area contributed by atoms with Gasteiger partial charge in [-0.25, -0.2) is 0 Å². The smallest absolute Gasteiger partial charge is 0.252 e. The Morgan fingerprint density at radius 1 is 0.305 bits per heavy atom. The minimum atomic E-state index is -0.147. The molecule has 0 amide bonds. The maximum Gasteiger partial charge on any atom is 0.252 e. The second-order valence-electron chi connectivity index (χ2n) is 27.6. The molecular weight excluding hydrogens is 1150 g/mol. The third kappa shape index (κ3) is 7.82. The Hall–Kier alpha value is -11.2. The average Bonchev–Trinajstić information content (AvgIpc) is 0.811. The van der Waals surface area contributed by atoms with Crippen molar-refractivity contribution in [3.8, 4) is 39.1 Å². The van der Waals surface area contributed by atoms with Crippen molar-refractivity contribution in [3.05, 3.63) is 297 Å². The second-order valence-corrected chi connectivity index (χ2v) is 27.6. The third-order valence-corrected chi connectivity index (χ3v) is 22.6. The molecule has 4 bridgehead atoms. The summed E-state index contributed by atoms with van der Waals surface area (Å²) in [5.41, 5.74) is 33.0. The van der Waals surface area contributed by atoms with Crippen molar-refractivity contribution in [1.82, 2.24) is 4.57 Å². The Balaban J connectivity index is 0.889. The van der Waals surface area contributed by atoms with Gasteiger partial charge in [0.25, 0.3) is 13.4 Å². The lowest BCUT2D eigenvalue weighted by molar-refractivity contribution is 0.0901. The first-order chi connectivity index (χ1) is 47.1. The van der Waals surface area contributed by atoms with Crippen LogP contribution in [0.5, 0.6) is 0 Å². The highest BCUT2D eigenvalue weighted by Gasteiger charge is 2.52. The van der Waals surface area contributed by atoms with Crippen molar-refractivity contribution < 1.29 is 0 Å². The number of nitrogens with one attached hydrogen (secondary N) is 1. The van der Waals surface area contributed by atoms with E-state index in [0.29, 0.717) is 12.1 Å². The van der Waals surface area contributed by atoms with Crippen LogP contribution in [0.2, 0.25) is 0 Å². The van der Waals surface area contributed by atoms with Crippen LogP contribution in [0.4, 0.5) is 68.2 Å². The number of piperidine rings is 2. The molecule has 6 nitrogen and oxygen atoms in total. The van der Waals surface area contributed by atoms with Gasteiger partial charge in [-0.15, -0.1) is 0 Å². The highest BCUT2D eigenvalue weighted by Crippen LogP contribution is 2.58. The number of anilines is 12. The number of aromatic nitrogens is 1. The van der Waals surface area contributed by atoms with Gasteiger partial charge in [-0.1, -0.05) is 212 Å². The summed E-state index contributed by atoms with van der Waals surface area (Å²) in [5, 5.41) is 7.08. The highest BCUT2D eigenvalue weighted by molar-refractivity contribution is 7.03. The summed E-state index contributed by atoms with van der Waals surface area (Å²) in [6.07, 6.45) is 6.35. The van der Waals surface area contributed by atoms with E-state index in [0.717, 1.165) is 40.3 Å². The fraction of sp³-hybridized carbons (Fsp3) is 0.103. The minimum Gasteiger partial charge on any atom is -0.365 e. The number of hydrogen-bond donors (Lipinski definition) is 1. The lowest BCUT2D eigenvalue weighted by atomic mass is 9.30. The Kier molecular flexibility index (Phi) is 11.6. The zero-order chi connectivity index (χ0) is 62.0. The molecule has 0 atom stereocenters. The average molecular weight is 1220 g/mol. The molecule has 0 radical (unpaired) electrons. The minimum absolute atomic E-state index is 0.127. The lowest BCUT2D eigenvalue weighted by Gasteiger charge is -2.58. The van der Waals surface area contributed by atoms with E-state index in [2.05, 4.69) is 327 Å². The molecule has 1 aromatic heterocycles. The van der Waals surface area contributed by atoms with Gasteiger partial charge in [0, 0.05) is 102 Å². The second kappa shape index (κ2) is 20.6. The number of para-hydroxylation sites is 7. The number of nitrogens with zero attached hydrogens (tertiary/aromatic N) is 5. The summed E-state index contributed by atoms with van der Waals surface area (Å²) < 4.78 is 2.51.